The van der Waals surface area contributed by atoms with Crippen LogP contribution in [0.5, 0.6) is 0 Å². The number of hydrogen-bond acceptors (Lipinski definition) is 9. The monoisotopic (exact) mass is 1880 g/mol. The van der Waals surface area contributed by atoms with Gasteiger partial charge in [-0.15, -0.1) is 0 Å². The van der Waals surface area contributed by atoms with Gasteiger partial charge in [0.25, 0.3) is 17.1 Å². The Morgan fingerprint density at radius 2 is 0.271 bits per heavy atom. The lowest BCUT2D eigenvalue weighted by Crippen LogP contribution is -2.25. The topological polar surface area (TPSA) is 139 Å². The fourth-order valence-electron chi connectivity index (χ4n) is 16.4. The molecule has 0 saturated carbocycles. The van der Waals surface area contributed by atoms with Crippen molar-refractivity contribution >= 4 is 163 Å². The van der Waals surface area contributed by atoms with Crippen LogP contribution in [0.4, 0.5) is 34.1 Å². The highest BCUT2D eigenvalue weighted by molar-refractivity contribution is 5.80. The fourth-order valence-corrected chi connectivity index (χ4v) is 16.4. The molecule has 714 valence electrons. The molecule has 24 bridgehead atoms. The number of nitro benzene ring substituents is 3. The molecule has 22 aromatic carbocycles. The molecule has 0 heterocycles. The first-order chi connectivity index (χ1) is 70.4. The van der Waals surface area contributed by atoms with Crippen LogP contribution in [0.25, 0.3) is 129 Å². The quantitative estimate of drug-likeness (QED) is 0.0213. The van der Waals surface area contributed by atoms with Crippen LogP contribution in [0.3, 0.4) is 0 Å². The molecular weight excluding hydrogens is 1770 g/mol. The van der Waals surface area contributed by atoms with Crippen LogP contribution in [0.15, 0.2) is 255 Å². The van der Waals surface area contributed by atoms with Gasteiger partial charge in [0.2, 0.25) is 0 Å². The largest absolute Gasteiger partial charge is 0.371 e. The highest BCUT2D eigenvalue weighted by Gasteiger charge is 2.14. The fraction of sp³-hybridized carbons (Fsp3) is 0.273. The third-order valence-electron chi connectivity index (χ3n) is 24.4. The number of anilines is 3. The lowest BCUT2D eigenvalue weighted by Gasteiger charge is -2.25. The van der Waals surface area contributed by atoms with Gasteiger partial charge >= 0.3 is 0 Å². The van der Waals surface area contributed by atoms with E-state index in [-0.39, 0.29) is 17.1 Å². The first-order valence-electron chi connectivity index (χ1n) is 50.9. The number of unbranched alkanes of at least 4 members (excludes halogenated alkanes) is 18. The van der Waals surface area contributed by atoms with Gasteiger partial charge in [-0.3, -0.25) is 30.3 Å². The predicted octanol–water partition coefficient (Wildman–Crippen LogP) is 34.2. The van der Waals surface area contributed by atoms with Gasteiger partial charge in [0.15, 0.2) is 0 Å². The highest BCUT2D eigenvalue weighted by atomic mass is 16.6. The zero-order chi connectivity index (χ0) is 101. The van der Waals surface area contributed by atoms with Crippen molar-refractivity contribution in [3.05, 3.63) is 431 Å². The molecule has 22 rings (SSSR count). The van der Waals surface area contributed by atoms with Crippen molar-refractivity contribution in [2.45, 2.75) is 196 Å². The van der Waals surface area contributed by atoms with E-state index in [4.69, 9.17) is 0 Å². The second-order valence-corrected chi connectivity index (χ2v) is 36.2. The summed E-state index contributed by atoms with van der Waals surface area (Å²) in [5, 5.41) is 53.8. The van der Waals surface area contributed by atoms with Gasteiger partial charge in [-0.25, -0.2) is 0 Å². The molecule has 0 amide bonds. The maximum atomic E-state index is 12.4. The summed E-state index contributed by atoms with van der Waals surface area (Å²) in [4.78, 5) is 43.4. The molecule has 0 unspecified atom stereocenters. The van der Waals surface area contributed by atoms with E-state index in [2.05, 4.69) is 238 Å². The van der Waals surface area contributed by atoms with Crippen LogP contribution in [0.2, 0.25) is 0 Å². The maximum absolute atomic E-state index is 12.4. The van der Waals surface area contributed by atoms with Gasteiger partial charge < -0.3 is 14.7 Å². The number of benzene rings is 12. The van der Waals surface area contributed by atoms with Crippen LogP contribution < -0.4 is 14.7 Å². The van der Waals surface area contributed by atoms with Crippen LogP contribution in [0.1, 0.15) is 196 Å². The first-order valence-corrected chi connectivity index (χ1v) is 50.9. The van der Waals surface area contributed by atoms with Crippen molar-refractivity contribution in [2.75, 3.05) is 54.0 Å². The van der Waals surface area contributed by atoms with Gasteiger partial charge in [0.1, 0.15) is 0 Å². The van der Waals surface area contributed by atoms with E-state index >= 15 is 0 Å². The third-order valence-corrected chi connectivity index (χ3v) is 24.4. The molecule has 0 atom stereocenters. The van der Waals surface area contributed by atoms with E-state index in [0.29, 0.717) is 64.6 Å². The minimum atomic E-state index is -0.429. The predicted molar refractivity (Wildman–Crippen MR) is 595 cm³/mol. The SMILES string of the molecule is CCCCCCN(CCCCCC)c1cc2c#cc3ccc(c#cc4cc([N+](=O)[O-])cc(c#cc5ccc(c#cc6cc(N(CCCCCC)CCCCCC)cc(c#cc7ccc(c#cc8cc([N+](=O)[O-])cc(c#cc9ccc(c#cc%10cc(N(CCCCCC)CCCCCC)cc(c#cc%11ccc(c#cc%12cc([N+](=O)[O-])cc(c#cc%13ccc(c#cc(c1)c2)cc%13)c%12)cc%11)c%10)cc9)c8)cc7)c6)cc5)c4)cc3. The molecule has 22 aromatic rings. The Bertz CT molecular complexity index is 6240. The summed E-state index contributed by atoms with van der Waals surface area (Å²) in [6, 6.07) is 159. The highest BCUT2D eigenvalue weighted by Crippen LogP contribution is 2.28. The summed E-state index contributed by atoms with van der Waals surface area (Å²) < 4.78 is 0. The van der Waals surface area contributed by atoms with E-state index in [1.807, 2.05) is 164 Å². The zero-order valence-electron chi connectivity index (χ0n) is 83.6. The van der Waals surface area contributed by atoms with E-state index in [9.17, 15) is 30.3 Å². The van der Waals surface area contributed by atoms with E-state index in [1.165, 1.54) is 74.9 Å². The third kappa shape index (κ3) is 34.8. The van der Waals surface area contributed by atoms with Crippen molar-refractivity contribution in [1.29, 1.82) is 0 Å². The van der Waals surface area contributed by atoms with Crippen molar-refractivity contribution in [1.82, 2.24) is 0 Å². The summed E-state index contributed by atoms with van der Waals surface area (Å²) in [6.45, 7) is 18.9. The van der Waals surface area contributed by atoms with Crippen LogP contribution in [-0.2, 0) is 0 Å². The Balaban J connectivity index is 0.898. The summed E-state index contributed by atoms with van der Waals surface area (Å²) in [5.74, 6) is 0. The number of nitrogens with zero attached hydrogens (tertiary/aromatic N) is 6. The molecule has 12 nitrogen and oxygen atoms in total. The number of non-ortho nitro benzene ring substituents is 3. The summed E-state index contributed by atoms with van der Waals surface area (Å²) in [7, 11) is 0. The minimum Gasteiger partial charge on any atom is -0.371 e. The molecule has 0 aliphatic heterocycles. The molecule has 0 aliphatic rings. The summed E-state index contributed by atoms with van der Waals surface area (Å²) in [6.07, 6.45) is 27.3. The molecule has 0 spiro atoms. The van der Waals surface area contributed by atoms with E-state index in [0.717, 1.165) is 237 Å². The lowest BCUT2D eigenvalue weighted by atomic mass is 10.1. The zero-order valence-corrected chi connectivity index (χ0v) is 83.6. The molecule has 0 aromatic heterocycles. The van der Waals surface area contributed by atoms with E-state index < -0.39 is 14.8 Å². The van der Waals surface area contributed by atoms with Gasteiger partial charge in [-0.1, -0.05) is 303 Å². The maximum Gasteiger partial charge on any atom is 0.271 e. The molecule has 0 radical (unpaired) electrons. The lowest BCUT2D eigenvalue weighted by molar-refractivity contribution is -0.384. The van der Waals surface area contributed by atoms with Crippen LogP contribution >= 0.6 is 0 Å². The number of rotatable bonds is 36. The Morgan fingerprint density at radius 3 is 0.382 bits per heavy atom. The molecule has 0 fully saturated rings. The molecule has 0 aliphatic carbocycles. The summed E-state index contributed by atoms with van der Waals surface area (Å²) in [5.41, 5.74) is 2.87. The summed E-state index contributed by atoms with van der Waals surface area (Å²) >= 11 is 0. The smallest absolute Gasteiger partial charge is 0.271 e. The number of nitro groups is 3. The van der Waals surface area contributed by atoms with Crippen molar-refractivity contribution in [2.24, 2.45) is 0 Å². The minimum absolute atomic E-state index is 0.119. The normalized spacial score (nSPS) is 10.2. The second-order valence-electron chi connectivity index (χ2n) is 36.2. The van der Waals surface area contributed by atoms with Gasteiger partial charge in [0.05, 0.1) is 14.8 Å². The van der Waals surface area contributed by atoms with Gasteiger partial charge in [-0.05, 0) is 257 Å². The van der Waals surface area contributed by atoms with Crippen LogP contribution in [0, 0.1) is 176 Å². The first kappa shape index (κ1) is 104. The van der Waals surface area contributed by atoms with Crippen molar-refractivity contribution < 1.29 is 14.8 Å². The van der Waals surface area contributed by atoms with Gasteiger partial charge in [-0.2, -0.15) is 0 Å². The Labute approximate surface area is 852 Å². The standard InChI is InChI=1S/C132H120N6O6/c1-7-13-19-25-79-133(80-26-20-14-8-2)127-91-115-67-55-103-31-43-109(44-32-103)61-73-121-88-123(99-130(97-121)136(139)140)75-63-111-47-35-105(36-48-111)57-69-117-86-119(95-128(93-117)134(81-27-21-15-9-3)82-28-22-16-10-4)71-59-107-39-51-113(52-40-107)65-77-125-90-126(102-132(101-125)138(143)144)78-66-114-53-41-108(42-54-114)60-72-120-87-118(94-129(96-120)135(83-29-23-17-11-5)84-30-24-18-12-6)70-58-106-37-49-112(50-38-106)64-76-124-89-122(98-131(100-124)137(141)142)74-62-110-45-33-104(34-46-110)56-68-116(85-115)92-127/h31-54,85-102H,7-30,79-84H2,1-6H3. The Hall–Kier alpha value is -17.0. The molecule has 0 saturated heterocycles. The molecular formula is C132H120N6O6. The number of hydrogen-bond donors (Lipinski definition) is 0. The van der Waals surface area contributed by atoms with Crippen LogP contribution in [-0.4, -0.2) is 54.0 Å². The van der Waals surface area contributed by atoms with Crippen molar-refractivity contribution in [3.8, 4) is 0 Å². The molecule has 0 N–H and O–H groups in total. The molecule has 144 heavy (non-hydrogen) atoms. The van der Waals surface area contributed by atoms with Gasteiger partial charge in [0, 0.05) is 222 Å². The van der Waals surface area contributed by atoms with E-state index in [1.54, 1.807) is 18.2 Å². The average Bonchev–Trinajstić information content (AvgIpc) is 0.853. The molecule has 12 heteroatoms. The van der Waals surface area contributed by atoms with Crippen molar-refractivity contribution in [3.63, 3.8) is 0 Å². The Kier molecular flexibility index (Phi) is 40.8. The second kappa shape index (κ2) is 56.3. The Morgan fingerprint density at radius 1 is 0.160 bits per heavy atom. The average molecular weight is 1890 g/mol.